The number of aromatic amines is 1. The number of rotatable bonds is 3. The first-order valence-electron chi connectivity index (χ1n) is 9.58. The van der Waals surface area contributed by atoms with Gasteiger partial charge in [-0.05, 0) is 29.7 Å². The van der Waals surface area contributed by atoms with Gasteiger partial charge in [0, 0.05) is 59.8 Å². The van der Waals surface area contributed by atoms with Gasteiger partial charge >= 0.3 is 0 Å². The van der Waals surface area contributed by atoms with E-state index in [1.165, 1.54) is 17.6 Å². The summed E-state index contributed by atoms with van der Waals surface area (Å²) in [6.07, 6.45) is 3.11. The number of nitrogens with zero attached hydrogens (tertiary/aromatic N) is 3. The molecule has 4 aromatic rings. The van der Waals surface area contributed by atoms with Crippen LogP contribution in [0.15, 0.2) is 49.2 Å². The van der Waals surface area contributed by atoms with E-state index in [9.17, 15) is 4.79 Å². The zero-order chi connectivity index (χ0) is 20.8. The molecule has 2 aromatic heterocycles. The van der Waals surface area contributed by atoms with Crippen LogP contribution in [0.25, 0.3) is 32.9 Å². The summed E-state index contributed by atoms with van der Waals surface area (Å²) in [5.74, 6) is -0.480. The van der Waals surface area contributed by atoms with Crippen LogP contribution in [0, 0.1) is 5.82 Å². The molecule has 1 aliphatic heterocycles. The van der Waals surface area contributed by atoms with E-state index in [-0.39, 0.29) is 5.91 Å². The van der Waals surface area contributed by atoms with Crippen molar-refractivity contribution >= 4 is 55.8 Å². The molecule has 0 unspecified atom stereocenters. The summed E-state index contributed by atoms with van der Waals surface area (Å²) in [5.41, 5.74) is 2.33. The van der Waals surface area contributed by atoms with Crippen LogP contribution in [0.5, 0.6) is 0 Å². The second kappa shape index (κ2) is 7.41. The number of hydrogen-bond acceptors (Lipinski definition) is 4. The van der Waals surface area contributed by atoms with Gasteiger partial charge in [-0.3, -0.25) is 4.79 Å². The molecule has 30 heavy (non-hydrogen) atoms. The zero-order valence-corrected chi connectivity index (χ0v) is 17.6. The zero-order valence-electron chi connectivity index (χ0n) is 16.0. The van der Waals surface area contributed by atoms with Gasteiger partial charge in [-0.1, -0.05) is 36.4 Å². The molecule has 1 aliphatic rings. The van der Waals surface area contributed by atoms with Gasteiger partial charge in [-0.15, -0.1) is 0 Å². The Kier molecular flexibility index (Phi) is 4.72. The first-order valence-corrected chi connectivity index (χ1v) is 10.7. The van der Waals surface area contributed by atoms with Crippen LogP contribution in [0.2, 0.25) is 5.02 Å². The molecule has 1 amide bonds. The third kappa shape index (κ3) is 2.97. The predicted octanol–water partition coefficient (Wildman–Crippen LogP) is 5.07. The SMILES string of the molecule is C=CC(=O)N1CCN(c2snc3c(F)c(-c4c[nH]c5ccccc45)c(Cl)cc23)CC1. The Morgan fingerprint density at radius 2 is 2.00 bits per heavy atom. The smallest absolute Gasteiger partial charge is 0.246 e. The highest BCUT2D eigenvalue weighted by Crippen LogP contribution is 2.42. The van der Waals surface area contributed by atoms with Crippen LogP contribution in [-0.4, -0.2) is 46.3 Å². The summed E-state index contributed by atoms with van der Waals surface area (Å²) in [4.78, 5) is 18.9. The van der Waals surface area contributed by atoms with Crippen molar-refractivity contribution in [2.24, 2.45) is 0 Å². The first kappa shape index (κ1) is 19.1. The van der Waals surface area contributed by atoms with Gasteiger partial charge in [0.15, 0.2) is 5.82 Å². The number of para-hydroxylation sites is 1. The van der Waals surface area contributed by atoms with Gasteiger partial charge in [0.05, 0.1) is 5.02 Å². The van der Waals surface area contributed by atoms with E-state index in [4.69, 9.17) is 11.6 Å². The highest BCUT2D eigenvalue weighted by molar-refractivity contribution is 7.11. The van der Waals surface area contributed by atoms with E-state index in [0.717, 1.165) is 21.5 Å². The Labute approximate surface area is 181 Å². The number of piperazine rings is 1. The van der Waals surface area contributed by atoms with Crippen LogP contribution in [0.4, 0.5) is 9.39 Å². The monoisotopic (exact) mass is 440 g/mol. The summed E-state index contributed by atoms with van der Waals surface area (Å²) in [7, 11) is 0. The Morgan fingerprint density at radius 1 is 1.23 bits per heavy atom. The van der Waals surface area contributed by atoms with Gasteiger partial charge in [0.25, 0.3) is 0 Å². The molecule has 0 aliphatic carbocycles. The lowest BCUT2D eigenvalue weighted by Gasteiger charge is -2.34. The minimum atomic E-state index is -0.412. The van der Waals surface area contributed by atoms with Crippen molar-refractivity contribution in [3.63, 3.8) is 0 Å². The molecule has 0 radical (unpaired) electrons. The average molecular weight is 441 g/mol. The van der Waals surface area contributed by atoms with Crippen LogP contribution in [0.3, 0.4) is 0 Å². The number of halogens is 2. The fourth-order valence-corrected chi connectivity index (χ4v) is 5.21. The molecule has 1 fully saturated rings. The van der Waals surface area contributed by atoms with Crippen LogP contribution in [0.1, 0.15) is 0 Å². The number of hydrogen-bond donors (Lipinski definition) is 1. The molecule has 5 nitrogen and oxygen atoms in total. The molecule has 3 heterocycles. The fraction of sp³-hybridized carbons (Fsp3) is 0.182. The summed E-state index contributed by atoms with van der Waals surface area (Å²) < 4.78 is 20.0. The lowest BCUT2D eigenvalue weighted by Crippen LogP contribution is -2.48. The molecular weight excluding hydrogens is 423 g/mol. The van der Waals surface area contributed by atoms with E-state index < -0.39 is 5.82 Å². The number of nitrogens with one attached hydrogen (secondary N) is 1. The fourth-order valence-electron chi connectivity index (χ4n) is 4.01. The Balaban J connectivity index is 1.54. The quantitative estimate of drug-likeness (QED) is 0.452. The van der Waals surface area contributed by atoms with Gasteiger partial charge in [0.1, 0.15) is 10.5 Å². The van der Waals surface area contributed by atoms with E-state index in [1.807, 2.05) is 24.3 Å². The Bertz CT molecular complexity index is 1290. The molecular formula is C22H18ClFN4OS. The minimum absolute atomic E-state index is 0.0683. The molecule has 0 saturated carbocycles. The molecule has 8 heteroatoms. The van der Waals surface area contributed by atoms with Crippen molar-refractivity contribution in [3.8, 4) is 11.1 Å². The molecule has 0 bridgehead atoms. The normalized spacial score (nSPS) is 14.6. The lowest BCUT2D eigenvalue weighted by molar-refractivity contribution is -0.126. The Hall–Kier alpha value is -2.90. The number of aromatic nitrogens is 2. The van der Waals surface area contributed by atoms with Crippen molar-refractivity contribution in [2.75, 3.05) is 31.1 Å². The number of carbonyl (C=O) groups is 1. The van der Waals surface area contributed by atoms with Gasteiger partial charge in [0.2, 0.25) is 5.91 Å². The van der Waals surface area contributed by atoms with E-state index >= 15 is 4.39 Å². The Morgan fingerprint density at radius 3 is 2.77 bits per heavy atom. The predicted molar refractivity (Wildman–Crippen MR) is 121 cm³/mol. The summed E-state index contributed by atoms with van der Waals surface area (Å²) in [5, 5.41) is 2.85. The first-order chi connectivity index (χ1) is 14.6. The number of fused-ring (bicyclic) bond motifs is 2. The number of benzene rings is 2. The van der Waals surface area contributed by atoms with Gasteiger partial charge < -0.3 is 14.8 Å². The largest absolute Gasteiger partial charge is 0.361 e. The maximum absolute atomic E-state index is 15.6. The van der Waals surface area contributed by atoms with Crippen molar-refractivity contribution in [1.82, 2.24) is 14.3 Å². The number of H-pyrrole nitrogens is 1. The number of carbonyl (C=O) groups excluding carboxylic acids is 1. The standard InChI is InChI=1S/C22H18ClFN4OS/c1-2-18(29)27-7-9-28(10-8-27)22-14-11-16(23)19(20(24)21(14)26-30-22)15-12-25-17-6-4-3-5-13(15)17/h2-6,11-12,25H,1,7-10H2. The van der Waals surface area contributed by atoms with Crippen molar-refractivity contribution < 1.29 is 9.18 Å². The van der Waals surface area contributed by atoms with Crippen LogP contribution >= 0.6 is 23.1 Å². The summed E-state index contributed by atoms with van der Waals surface area (Å²) in [6, 6.07) is 9.54. The molecule has 5 rings (SSSR count). The number of anilines is 1. The molecule has 152 valence electrons. The minimum Gasteiger partial charge on any atom is -0.361 e. The summed E-state index contributed by atoms with van der Waals surface area (Å²) in [6.45, 7) is 6.03. The average Bonchev–Trinajstić information content (AvgIpc) is 3.38. The van der Waals surface area contributed by atoms with Gasteiger partial charge in [-0.2, -0.15) is 4.37 Å². The second-order valence-corrected chi connectivity index (χ2v) is 8.35. The van der Waals surface area contributed by atoms with Crippen LogP contribution in [-0.2, 0) is 4.79 Å². The second-order valence-electron chi connectivity index (χ2n) is 7.20. The molecule has 2 aromatic carbocycles. The third-order valence-electron chi connectivity index (χ3n) is 5.56. The van der Waals surface area contributed by atoms with Crippen molar-refractivity contribution in [2.45, 2.75) is 0 Å². The lowest BCUT2D eigenvalue weighted by atomic mass is 10.0. The summed E-state index contributed by atoms with van der Waals surface area (Å²) >= 11 is 7.86. The number of amides is 1. The molecule has 0 spiro atoms. The highest BCUT2D eigenvalue weighted by atomic mass is 35.5. The van der Waals surface area contributed by atoms with Crippen LogP contribution < -0.4 is 4.90 Å². The maximum Gasteiger partial charge on any atom is 0.246 e. The van der Waals surface area contributed by atoms with Gasteiger partial charge in [-0.25, -0.2) is 4.39 Å². The van der Waals surface area contributed by atoms with Crippen molar-refractivity contribution in [1.29, 1.82) is 0 Å². The molecule has 1 saturated heterocycles. The molecule has 0 atom stereocenters. The topological polar surface area (TPSA) is 52.2 Å². The highest BCUT2D eigenvalue weighted by Gasteiger charge is 2.26. The van der Waals surface area contributed by atoms with E-state index in [1.54, 1.807) is 17.2 Å². The van der Waals surface area contributed by atoms with E-state index in [0.29, 0.717) is 47.7 Å². The maximum atomic E-state index is 15.6. The third-order valence-corrected chi connectivity index (χ3v) is 6.78. The molecule has 1 N–H and O–H groups in total. The van der Waals surface area contributed by atoms with Crippen molar-refractivity contribution in [3.05, 3.63) is 60.0 Å². The van der Waals surface area contributed by atoms with E-state index in [2.05, 4.69) is 20.8 Å².